The van der Waals surface area contributed by atoms with Crippen molar-refractivity contribution in [1.82, 2.24) is 15.0 Å². The first-order valence-corrected chi connectivity index (χ1v) is 8.22. The molecule has 0 saturated heterocycles. The molecule has 0 aliphatic heterocycles. The van der Waals surface area contributed by atoms with E-state index in [1.54, 1.807) is 18.0 Å². The number of nitrogens with two attached hydrogens (primary N) is 1. The molecule has 0 bridgehead atoms. The van der Waals surface area contributed by atoms with E-state index in [2.05, 4.69) is 26.1 Å². The zero-order valence-corrected chi connectivity index (χ0v) is 15.1. The monoisotopic (exact) mass is 406 g/mol. The summed E-state index contributed by atoms with van der Waals surface area (Å²) >= 11 is 4.74. The zero-order chi connectivity index (χ0) is 15.0. The number of carbonyl (C=O) groups excluding carboxylic acids is 1. The predicted molar refractivity (Wildman–Crippen MR) is 89.1 cm³/mol. The highest BCUT2D eigenvalue weighted by Crippen LogP contribution is 2.36. The van der Waals surface area contributed by atoms with E-state index in [9.17, 15) is 4.79 Å². The molecule has 0 unspecified atom stereocenters. The first-order valence-electron chi connectivity index (χ1n) is 6.61. The molecule has 120 valence electrons. The Morgan fingerprint density at radius 3 is 2.82 bits per heavy atom. The maximum atomic E-state index is 12.2. The summed E-state index contributed by atoms with van der Waals surface area (Å²) in [7, 11) is 1.71. The summed E-state index contributed by atoms with van der Waals surface area (Å²) in [6.07, 6.45) is 2.85. The fraction of sp³-hybridized carbons (Fsp3) is 0.462. The molecule has 2 aromatic heterocycles. The first kappa shape index (κ1) is 17.4. The minimum Gasteiger partial charge on any atom is -0.337 e. The van der Waals surface area contributed by atoms with Crippen molar-refractivity contribution in [3.63, 3.8) is 0 Å². The summed E-state index contributed by atoms with van der Waals surface area (Å²) in [6.45, 7) is 0.275. The molecule has 2 N–H and O–H groups in total. The Kier molecular flexibility index (Phi) is 5.26. The second kappa shape index (κ2) is 6.66. The van der Waals surface area contributed by atoms with Gasteiger partial charge < -0.3 is 15.2 Å². The summed E-state index contributed by atoms with van der Waals surface area (Å²) in [6, 6.07) is 3.64. The van der Waals surface area contributed by atoms with Gasteiger partial charge in [0.25, 0.3) is 5.91 Å². The average molecular weight is 408 g/mol. The Hall–Kier alpha value is -0.960. The van der Waals surface area contributed by atoms with Crippen molar-refractivity contribution in [3.05, 3.63) is 32.5 Å². The number of thiophene rings is 1. The van der Waals surface area contributed by atoms with Gasteiger partial charge in [-0.3, -0.25) is 4.79 Å². The van der Waals surface area contributed by atoms with Crippen LogP contribution in [0.5, 0.6) is 0 Å². The van der Waals surface area contributed by atoms with Crippen LogP contribution >= 0.6 is 39.7 Å². The molecule has 0 atom stereocenters. The van der Waals surface area contributed by atoms with Gasteiger partial charge in [0.1, 0.15) is 6.54 Å². The predicted octanol–water partition coefficient (Wildman–Crippen LogP) is 2.93. The van der Waals surface area contributed by atoms with Crippen LogP contribution in [0, 0.1) is 0 Å². The molecule has 1 saturated carbocycles. The van der Waals surface area contributed by atoms with Gasteiger partial charge in [-0.15, -0.1) is 23.7 Å². The molecule has 1 aliphatic carbocycles. The Morgan fingerprint density at radius 2 is 2.27 bits per heavy atom. The maximum absolute atomic E-state index is 12.2. The smallest absolute Gasteiger partial charge is 0.264 e. The summed E-state index contributed by atoms with van der Waals surface area (Å²) in [5.74, 6) is 0.883. The van der Waals surface area contributed by atoms with Gasteiger partial charge in [0.15, 0.2) is 5.82 Å². The van der Waals surface area contributed by atoms with Crippen LogP contribution in [0.4, 0.5) is 0 Å². The van der Waals surface area contributed by atoms with Gasteiger partial charge in [-0.1, -0.05) is 5.16 Å². The molecule has 22 heavy (non-hydrogen) atoms. The van der Waals surface area contributed by atoms with Crippen LogP contribution in [0.1, 0.15) is 40.6 Å². The van der Waals surface area contributed by atoms with Crippen molar-refractivity contribution >= 4 is 45.6 Å². The standard InChI is InChI=1S/C13H15BrN4O2S.ClH/c1-18(11(19)8-3-4-9(14)21-8)7-10-16-12(17-20-10)13(15)5-2-6-13;/h3-4H,2,5-7,15H2,1H3;1H. The Balaban J connectivity index is 0.00000176. The Bertz CT molecular complexity index is 671. The molecule has 1 aliphatic rings. The minimum absolute atomic E-state index is 0. The van der Waals surface area contributed by atoms with Crippen LogP contribution in [0.15, 0.2) is 20.4 Å². The first-order chi connectivity index (χ1) is 9.98. The summed E-state index contributed by atoms with van der Waals surface area (Å²) in [5.41, 5.74) is 5.71. The second-order valence-corrected chi connectivity index (χ2v) is 7.75. The van der Waals surface area contributed by atoms with Crippen LogP contribution in [0.2, 0.25) is 0 Å². The molecule has 1 fully saturated rings. The van der Waals surface area contributed by atoms with E-state index in [1.165, 1.54) is 11.3 Å². The van der Waals surface area contributed by atoms with Crippen molar-refractivity contribution < 1.29 is 9.32 Å². The van der Waals surface area contributed by atoms with Crippen LogP contribution in [-0.4, -0.2) is 28.0 Å². The topological polar surface area (TPSA) is 85.2 Å². The van der Waals surface area contributed by atoms with E-state index in [4.69, 9.17) is 10.3 Å². The van der Waals surface area contributed by atoms with E-state index >= 15 is 0 Å². The fourth-order valence-electron chi connectivity index (χ4n) is 2.19. The zero-order valence-electron chi connectivity index (χ0n) is 11.9. The lowest BCUT2D eigenvalue weighted by Gasteiger charge is -2.34. The lowest BCUT2D eigenvalue weighted by molar-refractivity contribution is 0.0774. The number of hydrogen-bond donors (Lipinski definition) is 1. The van der Waals surface area contributed by atoms with Gasteiger partial charge in [0, 0.05) is 7.05 Å². The third kappa shape index (κ3) is 3.34. The van der Waals surface area contributed by atoms with E-state index in [1.807, 2.05) is 6.07 Å². The SMILES string of the molecule is CN(Cc1nc(C2(N)CCC2)no1)C(=O)c1ccc(Br)s1.Cl. The van der Waals surface area contributed by atoms with Gasteiger partial charge in [-0.25, -0.2) is 0 Å². The van der Waals surface area contributed by atoms with E-state index in [0.717, 1.165) is 23.0 Å². The molecule has 3 rings (SSSR count). The quantitative estimate of drug-likeness (QED) is 0.842. The molecule has 0 spiro atoms. The molecular formula is C13H16BrClN4O2S. The number of aromatic nitrogens is 2. The van der Waals surface area contributed by atoms with Gasteiger partial charge in [0.2, 0.25) is 5.89 Å². The molecule has 6 nitrogen and oxygen atoms in total. The number of hydrogen-bond acceptors (Lipinski definition) is 6. The third-order valence-corrected chi connectivity index (χ3v) is 5.27. The largest absolute Gasteiger partial charge is 0.337 e. The van der Waals surface area contributed by atoms with Crippen LogP contribution in [-0.2, 0) is 12.1 Å². The van der Waals surface area contributed by atoms with Crippen molar-refractivity contribution in [2.24, 2.45) is 5.73 Å². The normalized spacial score (nSPS) is 15.8. The van der Waals surface area contributed by atoms with Crippen molar-refractivity contribution in [2.45, 2.75) is 31.3 Å². The van der Waals surface area contributed by atoms with Gasteiger partial charge in [-0.2, -0.15) is 4.98 Å². The van der Waals surface area contributed by atoms with Crippen molar-refractivity contribution in [1.29, 1.82) is 0 Å². The number of carbonyl (C=O) groups is 1. The summed E-state index contributed by atoms with van der Waals surface area (Å²) in [4.78, 5) is 18.8. The Morgan fingerprint density at radius 1 is 1.55 bits per heavy atom. The Labute approximate surface area is 146 Å². The van der Waals surface area contributed by atoms with E-state index in [-0.39, 0.29) is 24.9 Å². The fourth-order valence-corrected chi connectivity index (χ4v) is 3.58. The number of amides is 1. The number of nitrogens with zero attached hydrogens (tertiary/aromatic N) is 3. The lowest BCUT2D eigenvalue weighted by atomic mass is 9.77. The molecule has 9 heteroatoms. The van der Waals surface area contributed by atoms with Crippen molar-refractivity contribution in [2.75, 3.05) is 7.05 Å². The lowest BCUT2D eigenvalue weighted by Crippen LogP contribution is -2.44. The molecule has 0 aromatic carbocycles. The molecule has 1 amide bonds. The maximum Gasteiger partial charge on any atom is 0.264 e. The van der Waals surface area contributed by atoms with Crippen LogP contribution < -0.4 is 5.73 Å². The van der Waals surface area contributed by atoms with Crippen LogP contribution in [0.3, 0.4) is 0 Å². The highest BCUT2D eigenvalue weighted by atomic mass is 79.9. The minimum atomic E-state index is -0.442. The van der Waals surface area contributed by atoms with E-state index < -0.39 is 5.54 Å². The van der Waals surface area contributed by atoms with E-state index in [0.29, 0.717) is 16.6 Å². The second-order valence-electron chi connectivity index (χ2n) is 5.29. The summed E-state index contributed by atoms with van der Waals surface area (Å²) in [5, 5.41) is 3.95. The van der Waals surface area contributed by atoms with Gasteiger partial charge in [0.05, 0.1) is 14.2 Å². The van der Waals surface area contributed by atoms with Gasteiger partial charge >= 0.3 is 0 Å². The average Bonchev–Trinajstić information content (AvgIpc) is 3.04. The molecule has 2 aromatic rings. The van der Waals surface area contributed by atoms with Gasteiger partial charge in [-0.05, 0) is 47.3 Å². The third-order valence-electron chi connectivity index (χ3n) is 3.66. The van der Waals surface area contributed by atoms with Crippen molar-refractivity contribution in [3.8, 4) is 0 Å². The van der Waals surface area contributed by atoms with Crippen LogP contribution in [0.25, 0.3) is 0 Å². The number of halogens is 2. The molecular weight excluding hydrogens is 392 g/mol. The summed E-state index contributed by atoms with van der Waals surface area (Å²) < 4.78 is 6.13. The highest BCUT2D eigenvalue weighted by molar-refractivity contribution is 9.11. The molecule has 2 heterocycles. The number of rotatable bonds is 4. The molecule has 0 radical (unpaired) electrons. The highest BCUT2D eigenvalue weighted by Gasteiger charge is 2.39.